The molecule has 1 aromatic rings. The van der Waals surface area contributed by atoms with Gasteiger partial charge in [0, 0.05) is 26.2 Å². The molecule has 1 N–H and O–H groups in total. The molecule has 0 atom stereocenters. The summed E-state index contributed by atoms with van der Waals surface area (Å²) in [5.41, 5.74) is 1.26. The lowest BCUT2D eigenvalue weighted by atomic mass is 10.0. The second-order valence-corrected chi connectivity index (χ2v) is 6.10. The van der Waals surface area contributed by atoms with Crippen molar-refractivity contribution in [2.75, 3.05) is 46.4 Å². The number of nitrogens with zero attached hydrogens (tertiary/aromatic N) is 2. The summed E-state index contributed by atoms with van der Waals surface area (Å²) >= 11 is 0. The van der Waals surface area contributed by atoms with E-state index >= 15 is 0 Å². The van der Waals surface area contributed by atoms with Crippen molar-refractivity contribution in [3.63, 3.8) is 0 Å². The van der Waals surface area contributed by atoms with Crippen molar-refractivity contribution in [1.29, 1.82) is 0 Å². The Morgan fingerprint density at radius 2 is 2.00 bits per heavy atom. The minimum atomic E-state index is 0.00707. The second kappa shape index (κ2) is 8.03. The number of piperazine rings is 1. The standard InChI is InChI=1S/C17H27N3O2/c1-14(2)15-5-4-6-16(13-15)22-12-7-18-17(21)20-10-8-19(3)9-11-20/h4-6,13-14H,7-12H2,1-3H3,(H,18,21). The van der Waals surface area contributed by atoms with Gasteiger partial charge in [0.25, 0.3) is 0 Å². The highest BCUT2D eigenvalue weighted by Crippen LogP contribution is 2.19. The Bertz CT molecular complexity index is 483. The number of urea groups is 1. The number of nitrogens with one attached hydrogen (secondary N) is 1. The fraction of sp³-hybridized carbons (Fsp3) is 0.588. The highest BCUT2D eigenvalue weighted by Gasteiger charge is 2.18. The van der Waals surface area contributed by atoms with Crippen LogP contribution >= 0.6 is 0 Å². The first-order valence-electron chi connectivity index (χ1n) is 8.00. The van der Waals surface area contributed by atoms with Crippen LogP contribution in [0.25, 0.3) is 0 Å². The number of benzene rings is 1. The van der Waals surface area contributed by atoms with E-state index in [2.05, 4.69) is 43.2 Å². The number of carbonyl (C=O) groups is 1. The van der Waals surface area contributed by atoms with Crippen molar-refractivity contribution in [2.45, 2.75) is 19.8 Å². The van der Waals surface area contributed by atoms with Crippen LogP contribution in [0.4, 0.5) is 4.79 Å². The largest absolute Gasteiger partial charge is 0.492 e. The first-order valence-corrected chi connectivity index (χ1v) is 8.00. The molecule has 0 aromatic heterocycles. The highest BCUT2D eigenvalue weighted by molar-refractivity contribution is 5.74. The predicted octanol–water partition coefficient (Wildman–Crippen LogP) is 2.15. The lowest BCUT2D eigenvalue weighted by molar-refractivity contribution is 0.153. The molecular weight excluding hydrogens is 278 g/mol. The van der Waals surface area contributed by atoms with Crippen LogP contribution in [-0.2, 0) is 0 Å². The van der Waals surface area contributed by atoms with Gasteiger partial charge in [0.15, 0.2) is 0 Å². The molecule has 0 bridgehead atoms. The Morgan fingerprint density at radius 3 is 2.68 bits per heavy atom. The van der Waals surface area contributed by atoms with Crippen molar-refractivity contribution in [2.24, 2.45) is 0 Å². The number of carbonyl (C=O) groups excluding carboxylic acids is 1. The van der Waals surface area contributed by atoms with Gasteiger partial charge in [-0.05, 0) is 30.7 Å². The molecule has 0 spiro atoms. The van der Waals surface area contributed by atoms with Gasteiger partial charge in [-0.15, -0.1) is 0 Å². The van der Waals surface area contributed by atoms with Crippen LogP contribution in [0, 0.1) is 0 Å². The zero-order chi connectivity index (χ0) is 15.9. The number of likely N-dealkylation sites (N-methyl/N-ethyl adjacent to an activating group) is 1. The molecule has 2 amide bonds. The Hall–Kier alpha value is -1.75. The third-order valence-electron chi connectivity index (χ3n) is 3.96. The van der Waals surface area contributed by atoms with Crippen molar-refractivity contribution >= 4 is 6.03 Å². The minimum Gasteiger partial charge on any atom is -0.492 e. The van der Waals surface area contributed by atoms with Crippen LogP contribution in [0.3, 0.4) is 0 Å². The Balaban J connectivity index is 1.68. The average Bonchev–Trinajstić information content (AvgIpc) is 2.52. The molecule has 1 aromatic carbocycles. The molecule has 1 aliphatic heterocycles. The van der Waals surface area contributed by atoms with E-state index in [1.807, 2.05) is 17.0 Å². The lowest BCUT2D eigenvalue weighted by Gasteiger charge is -2.32. The van der Waals surface area contributed by atoms with E-state index in [-0.39, 0.29) is 6.03 Å². The molecule has 1 aliphatic rings. The third-order valence-corrected chi connectivity index (χ3v) is 3.96. The molecule has 0 radical (unpaired) electrons. The van der Waals surface area contributed by atoms with Gasteiger partial charge in [0.2, 0.25) is 0 Å². The van der Waals surface area contributed by atoms with Crippen LogP contribution in [0.15, 0.2) is 24.3 Å². The molecular formula is C17H27N3O2. The zero-order valence-corrected chi connectivity index (χ0v) is 13.8. The minimum absolute atomic E-state index is 0.00707. The van der Waals surface area contributed by atoms with E-state index in [4.69, 9.17) is 4.74 Å². The van der Waals surface area contributed by atoms with E-state index in [0.29, 0.717) is 19.1 Å². The van der Waals surface area contributed by atoms with E-state index in [1.54, 1.807) is 0 Å². The molecule has 22 heavy (non-hydrogen) atoms. The summed E-state index contributed by atoms with van der Waals surface area (Å²) in [5.74, 6) is 1.35. The van der Waals surface area contributed by atoms with Gasteiger partial charge < -0.3 is 19.9 Å². The summed E-state index contributed by atoms with van der Waals surface area (Å²) in [5, 5.41) is 2.92. The summed E-state index contributed by atoms with van der Waals surface area (Å²) in [4.78, 5) is 16.1. The van der Waals surface area contributed by atoms with Gasteiger partial charge in [0.05, 0.1) is 6.54 Å². The number of amides is 2. The first-order chi connectivity index (χ1) is 10.6. The van der Waals surface area contributed by atoms with E-state index in [0.717, 1.165) is 31.9 Å². The SMILES string of the molecule is CC(C)c1cccc(OCCNC(=O)N2CCN(C)CC2)c1. The van der Waals surface area contributed by atoms with Crippen molar-refractivity contribution in [3.05, 3.63) is 29.8 Å². The molecule has 2 rings (SSSR count). The lowest BCUT2D eigenvalue weighted by Crippen LogP contribution is -2.51. The van der Waals surface area contributed by atoms with Crippen LogP contribution in [0.5, 0.6) is 5.75 Å². The summed E-state index contributed by atoms with van der Waals surface area (Å²) in [6.07, 6.45) is 0. The molecule has 1 fully saturated rings. The topological polar surface area (TPSA) is 44.8 Å². The van der Waals surface area contributed by atoms with Crippen LogP contribution in [0.2, 0.25) is 0 Å². The summed E-state index contributed by atoms with van der Waals surface area (Å²) < 4.78 is 5.71. The van der Waals surface area contributed by atoms with E-state index < -0.39 is 0 Å². The summed E-state index contributed by atoms with van der Waals surface area (Å²) in [6.45, 7) is 8.79. The maximum absolute atomic E-state index is 12.0. The van der Waals surface area contributed by atoms with Gasteiger partial charge in [0.1, 0.15) is 12.4 Å². The van der Waals surface area contributed by atoms with Crippen molar-refractivity contribution in [3.8, 4) is 5.75 Å². The van der Waals surface area contributed by atoms with Gasteiger partial charge in [-0.25, -0.2) is 4.79 Å². The normalized spacial score (nSPS) is 15.9. The highest BCUT2D eigenvalue weighted by atomic mass is 16.5. The molecule has 1 saturated heterocycles. The van der Waals surface area contributed by atoms with E-state index in [1.165, 1.54) is 5.56 Å². The molecule has 5 heteroatoms. The van der Waals surface area contributed by atoms with Crippen LogP contribution < -0.4 is 10.1 Å². The van der Waals surface area contributed by atoms with Crippen LogP contribution in [-0.4, -0.2) is 62.2 Å². The third kappa shape index (κ3) is 4.91. The van der Waals surface area contributed by atoms with Gasteiger partial charge in [-0.3, -0.25) is 0 Å². The maximum Gasteiger partial charge on any atom is 0.317 e. The monoisotopic (exact) mass is 305 g/mol. The molecule has 0 saturated carbocycles. The molecule has 0 aliphatic carbocycles. The molecule has 0 unspecified atom stereocenters. The summed E-state index contributed by atoms with van der Waals surface area (Å²) in [7, 11) is 2.08. The number of rotatable bonds is 5. The van der Waals surface area contributed by atoms with Gasteiger partial charge in [-0.2, -0.15) is 0 Å². The predicted molar refractivity (Wildman–Crippen MR) is 88.5 cm³/mol. The molecule has 122 valence electrons. The fourth-order valence-electron chi connectivity index (χ4n) is 2.41. The Morgan fingerprint density at radius 1 is 1.27 bits per heavy atom. The number of hydrogen-bond donors (Lipinski definition) is 1. The van der Waals surface area contributed by atoms with Gasteiger partial charge >= 0.3 is 6.03 Å². The second-order valence-electron chi connectivity index (χ2n) is 6.10. The Labute approximate surface area is 133 Å². The fourth-order valence-corrected chi connectivity index (χ4v) is 2.41. The first kappa shape index (κ1) is 16.6. The van der Waals surface area contributed by atoms with Crippen molar-refractivity contribution in [1.82, 2.24) is 15.1 Å². The molecule has 5 nitrogen and oxygen atoms in total. The number of hydrogen-bond acceptors (Lipinski definition) is 3. The van der Waals surface area contributed by atoms with E-state index in [9.17, 15) is 4.79 Å². The van der Waals surface area contributed by atoms with Crippen molar-refractivity contribution < 1.29 is 9.53 Å². The summed E-state index contributed by atoms with van der Waals surface area (Å²) in [6, 6.07) is 8.13. The molecule has 1 heterocycles. The maximum atomic E-state index is 12.0. The zero-order valence-electron chi connectivity index (χ0n) is 13.8. The average molecular weight is 305 g/mol. The quantitative estimate of drug-likeness (QED) is 0.848. The smallest absolute Gasteiger partial charge is 0.317 e. The Kier molecular flexibility index (Phi) is 6.07. The van der Waals surface area contributed by atoms with Gasteiger partial charge in [-0.1, -0.05) is 26.0 Å². The number of ether oxygens (including phenoxy) is 1. The van der Waals surface area contributed by atoms with Crippen LogP contribution in [0.1, 0.15) is 25.3 Å².